The second-order valence-electron chi connectivity index (χ2n) is 19.4. The molecule has 20 N–H and O–H groups in total. The topological polar surface area (TPSA) is 487 Å². The van der Waals surface area contributed by atoms with E-state index in [-0.39, 0.29) is 87.7 Å². The molecule has 8 amide bonds. The summed E-state index contributed by atoms with van der Waals surface area (Å²) in [5, 5.41) is 69.9. The Hall–Kier alpha value is -9.80. The van der Waals surface area contributed by atoms with Crippen LogP contribution in [0.5, 0.6) is 17.2 Å². The molecule has 0 saturated carbocycles. The molecular formula is C54H72N14O15. The zero-order valence-corrected chi connectivity index (χ0v) is 45.6. The molecule has 0 radical (unpaired) electrons. The van der Waals surface area contributed by atoms with Gasteiger partial charge in [0.25, 0.3) is 0 Å². The number of carboxylic acids is 2. The number of aliphatic carboxylic acids is 2. The van der Waals surface area contributed by atoms with Crippen LogP contribution in [0.15, 0.2) is 90.3 Å². The van der Waals surface area contributed by atoms with Crippen LogP contribution in [0.2, 0.25) is 0 Å². The molecule has 0 saturated heterocycles. The minimum atomic E-state index is -1.91. The summed E-state index contributed by atoms with van der Waals surface area (Å²) in [7, 11) is 0. The SMILES string of the molecule is CC(=O)N[C@@H](Cc1cnc[nH]1)C(=O)N[C@@H](CCCCN)C(=O)N[C@@H](CC(=O)O)C(=O)N[C@@H](Cc1ccc(O)cc1)C(=O)N[C@@H](Cc1ccc(O)cc1)C(=O)N[C@@H](Cc1ccc(O)cc1)C(=O)N[C@H](C)C(=O)N[C@@H](CCCN=C(N)N)C(=O)O. The maximum Gasteiger partial charge on any atom is 0.326 e. The standard InChI is InChI=1S/C54H72N14O15/c1-29(46(75)64-39(53(82)83)7-5-21-59-54(56)57)61-48(77)40(22-31-8-14-35(70)15-9-31)65-49(78)41(23-32-10-16-36(71)17-11-32)66-50(79)42(24-33-12-18-37(72)19-13-33)67-52(81)44(26-45(73)74)68-47(76)38(6-3-4-20-55)63-51(80)43(62-30(2)69)25-34-27-58-28-60-34/h8-19,27-29,38-44,70-72H,3-7,20-26,55H2,1-2H3,(H,58,60)(H,61,77)(H,62,69)(H,63,80)(H,64,75)(H,65,78)(H,66,79)(H,67,81)(H,68,76)(H,73,74)(H,82,83)(H4,56,57,59)/t29-,38+,39+,40+,41+,42+,43+,44+/m1/s1. The molecule has 1 heterocycles. The Morgan fingerprint density at radius 2 is 0.916 bits per heavy atom. The van der Waals surface area contributed by atoms with Crippen LogP contribution in [0.3, 0.4) is 0 Å². The molecule has 8 atom stereocenters. The van der Waals surface area contributed by atoms with Crippen molar-refractivity contribution < 1.29 is 73.5 Å². The van der Waals surface area contributed by atoms with E-state index in [9.17, 15) is 73.5 Å². The first kappa shape index (κ1) is 65.7. The number of H-pyrrole nitrogens is 1. The first-order chi connectivity index (χ1) is 39.4. The lowest BCUT2D eigenvalue weighted by Crippen LogP contribution is -2.61. The van der Waals surface area contributed by atoms with Crippen LogP contribution >= 0.6 is 0 Å². The fraction of sp³-hybridized carbons (Fsp3) is 0.407. The van der Waals surface area contributed by atoms with Crippen LogP contribution in [0, 0.1) is 0 Å². The molecule has 0 fully saturated rings. The number of amides is 8. The van der Waals surface area contributed by atoms with E-state index in [1.165, 1.54) is 99.2 Å². The third-order valence-electron chi connectivity index (χ3n) is 12.6. The van der Waals surface area contributed by atoms with Crippen LogP contribution in [0.1, 0.15) is 74.8 Å². The largest absolute Gasteiger partial charge is 0.508 e. The molecule has 4 rings (SSSR count). The predicted octanol–water partition coefficient (Wildman–Crippen LogP) is -2.54. The number of hydrogen-bond donors (Lipinski definition) is 17. The van der Waals surface area contributed by atoms with Crippen LogP contribution in [-0.4, -0.2) is 162 Å². The van der Waals surface area contributed by atoms with Gasteiger partial charge in [-0.1, -0.05) is 36.4 Å². The molecule has 3 aromatic carbocycles. The molecule has 0 spiro atoms. The molecule has 29 heteroatoms. The summed E-state index contributed by atoms with van der Waals surface area (Å²) >= 11 is 0. The van der Waals surface area contributed by atoms with Crippen molar-refractivity contribution in [2.75, 3.05) is 13.1 Å². The van der Waals surface area contributed by atoms with Gasteiger partial charge in [0.2, 0.25) is 47.3 Å². The van der Waals surface area contributed by atoms with Gasteiger partial charge >= 0.3 is 11.9 Å². The number of guanidine groups is 1. The summed E-state index contributed by atoms with van der Waals surface area (Å²) in [6.45, 7) is 2.73. The van der Waals surface area contributed by atoms with Gasteiger partial charge in [0.15, 0.2) is 5.96 Å². The number of aromatic amines is 1. The van der Waals surface area contributed by atoms with Crippen molar-refractivity contribution in [3.63, 3.8) is 0 Å². The Morgan fingerprint density at radius 3 is 1.33 bits per heavy atom. The average molecular weight is 1160 g/mol. The number of nitrogens with one attached hydrogen (secondary N) is 9. The van der Waals surface area contributed by atoms with Gasteiger partial charge in [-0.3, -0.25) is 48.1 Å². The number of carbonyl (C=O) groups is 10. The molecule has 4 aromatic rings. The Bertz CT molecular complexity index is 2870. The Balaban J connectivity index is 1.66. The van der Waals surface area contributed by atoms with E-state index in [0.29, 0.717) is 28.8 Å². The summed E-state index contributed by atoms with van der Waals surface area (Å²) in [5.74, 6) is -11.1. The number of aliphatic imine (C=N–C) groups is 1. The molecule has 448 valence electrons. The molecular weight excluding hydrogens is 1080 g/mol. The van der Waals surface area contributed by atoms with Crippen LogP contribution in [-0.2, 0) is 73.6 Å². The Kier molecular flexibility index (Phi) is 26.2. The van der Waals surface area contributed by atoms with Crippen molar-refractivity contribution in [3.8, 4) is 17.2 Å². The van der Waals surface area contributed by atoms with Gasteiger partial charge in [-0.25, -0.2) is 9.78 Å². The zero-order chi connectivity index (χ0) is 61.2. The van der Waals surface area contributed by atoms with Crippen molar-refractivity contribution in [3.05, 3.63) is 108 Å². The van der Waals surface area contributed by atoms with Gasteiger partial charge in [0.1, 0.15) is 65.6 Å². The molecule has 0 aliphatic heterocycles. The van der Waals surface area contributed by atoms with Crippen molar-refractivity contribution in [1.29, 1.82) is 0 Å². The van der Waals surface area contributed by atoms with E-state index >= 15 is 0 Å². The van der Waals surface area contributed by atoms with Crippen LogP contribution in [0.4, 0.5) is 0 Å². The second kappa shape index (κ2) is 33.1. The minimum absolute atomic E-state index is 0.0495. The number of benzene rings is 3. The Morgan fingerprint density at radius 1 is 0.518 bits per heavy atom. The van der Waals surface area contributed by atoms with Crippen molar-refractivity contribution in [2.24, 2.45) is 22.2 Å². The summed E-state index contributed by atoms with van der Waals surface area (Å²) in [4.78, 5) is 146. The molecule has 29 nitrogen and oxygen atoms in total. The first-order valence-corrected chi connectivity index (χ1v) is 26.3. The number of nitrogens with zero attached hydrogens (tertiary/aromatic N) is 2. The summed E-state index contributed by atoms with van der Waals surface area (Å²) in [6.07, 6.45) is 1.43. The third-order valence-corrected chi connectivity index (χ3v) is 12.6. The lowest BCUT2D eigenvalue weighted by atomic mass is 10.0. The number of phenols is 3. The van der Waals surface area contributed by atoms with E-state index in [1.54, 1.807) is 0 Å². The van der Waals surface area contributed by atoms with Gasteiger partial charge < -0.3 is 90.3 Å². The highest BCUT2D eigenvalue weighted by molar-refractivity contribution is 5.99. The highest BCUT2D eigenvalue weighted by atomic mass is 16.4. The number of imidazole rings is 1. The van der Waals surface area contributed by atoms with Gasteiger partial charge in [-0.15, -0.1) is 0 Å². The lowest BCUT2D eigenvalue weighted by molar-refractivity contribution is -0.142. The van der Waals surface area contributed by atoms with Crippen LogP contribution < -0.4 is 59.7 Å². The van der Waals surface area contributed by atoms with E-state index in [4.69, 9.17) is 17.2 Å². The summed E-state index contributed by atoms with van der Waals surface area (Å²) < 4.78 is 0. The van der Waals surface area contributed by atoms with Crippen molar-refractivity contribution in [2.45, 2.75) is 126 Å². The van der Waals surface area contributed by atoms with Crippen LogP contribution in [0.25, 0.3) is 0 Å². The first-order valence-electron chi connectivity index (χ1n) is 26.3. The van der Waals surface area contributed by atoms with E-state index in [0.717, 1.165) is 0 Å². The van der Waals surface area contributed by atoms with Gasteiger partial charge in [-0.05, 0) is 98.7 Å². The quantitative estimate of drug-likeness (QED) is 0.0130. The number of aromatic hydroxyl groups is 3. The number of unbranched alkanes of at least 4 members (excludes halogenated alkanes) is 1. The number of aromatic nitrogens is 2. The third kappa shape index (κ3) is 23.4. The molecule has 83 heavy (non-hydrogen) atoms. The highest BCUT2D eigenvalue weighted by Crippen LogP contribution is 2.17. The average Bonchev–Trinajstić information content (AvgIpc) is 4.09. The molecule has 0 aliphatic rings. The predicted molar refractivity (Wildman–Crippen MR) is 297 cm³/mol. The minimum Gasteiger partial charge on any atom is -0.508 e. The van der Waals surface area contributed by atoms with Gasteiger partial charge in [-0.2, -0.15) is 0 Å². The van der Waals surface area contributed by atoms with E-state index in [1.807, 2.05) is 0 Å². The maximum atomic E-state index is 14.7. The van der Waals surface area contributed by atoms with Gasteiger partial charge in [0, 0.05) is 51.0 Å². The zero-order valence-electron chi connectivity index (χ0n) is 45.6. The molecule has 0 bridgehead atoms. The highest BCUT2D eigenvalue weighted by Gasteiger charge is 2.35. The number of rotatable bonds is 34. The number of phenolic OH excluding ortho intramolecular Hbond substituents is 3. The monoisotopic (exact) mass is 1160 g/mol. The normalized spacial score (nSPS) is 13.8. The lowest BCUT2D eigenvalue weighted by Gasteiger charge is -2.28. The van der Waals surface area contributed by atoms with Crippen molar-refractivity contribution in [1.82, 2.24) is 52.5 Å². The summed E-state index contributed by atoms with van der Waals surface area (Å²) in [6, 6.07) is 4.26. The number of nitrogens with two attached hydrogens (primary N) is 3. The smallest absolute Gasteiger partial charge is 0.326 e. The second-order valence-corrected chi connectivity index (χ2v) is 19.4. The number of carbonyl (C=O) groups excluding carboxylic acids is 8. The van der Waals surface area contributed by atoms with Crippen molar-refractivity contribution >= 4 is 65.2 Å². The number of carboxylic acid groups (broad SMARTS) is 2. The molecule has 0 unspecified atom stereocenters. The van der Waals surface area contributed by atoms with Gasteiger partial charge in [0.05, 0.1) is 12.7 Å². The fourth-order valence-corrected chi connectivity index (χ4v) is 8.25. The number of hydrogen-bond acceptors (Lipinski definition) is 16. The fourth-order valence-electron chi connectivity index (χ4n) is 8.25. The molecule has 1 aromatic heterocycles. The molecule has 0 aliphatic carbocycles. The maximum absolute atomic E-state index is 14.7. The van der Waals surface area contributed by atoms with E-state index < -0.39 is 114 Å². The Labute approximate surface area is 476 Å². The van der Waals surface area contributed by atoms with E-state index in [2.05, 4.69) is 57.5 Å². The summed E-state index contributed by atoms with van der Waals surface area (Å²) in [5.41, 5.74) is 17.9.